The molecule has 0 amide bonds. The summed E-state index contributed by atoms with van der Waals surface area (Å²) in [6.07, 6.45) is 4.15. The van der Waals surface area contributed by atoms with Crippen molar-refractivity contribution >= 4 is 5.97 Å². The standard InChI is InChI=1S/C23H32N2O2/c1-6-16(7-2)14-17-10-12-18(13-11-17)21-19(15-24)20(8-3)25(5)22(21)23(26)27-9-4/h10-13,16,21-22H,6-9,14H2,1-5H3. The van der Waals surface area contributed by atoms with Crippen molar-refractivity contribution in [2.75, 3.05) is 13.7 Å². The molecule has 1 aromatic rings. The van der Waals surface area contributed by atoms with E-state index in [1.54, 1.807) is 0 Å². The lowest BCUT2D eigenvalue weighted by Gasteiger charge is -2.27. The highest BCUT2D eigenvalue weighted by Gasteiger charge is 2.44. The third-order valence-corrected chi connectivity index (χ3v) is 5.78. The number of hydrogen-bond donors (Lipinski definition) is 0. The first-order valence-electron chi connectivity index (χ1n) is 10.1. The molecule has 4 nitrogen and oxygen atoms in total. The molecule has 0 aliphatic carbocycles. The molecule has 1 heterocycles. The summed E-state index contributed by atoms with van der Waals surface area (Å²) in [5, 5.41) is 9.80. The third kappa shape index (κ3) is 4.35. The van der Waals surface area contributed by atoms with Gasteiger partial charge < -0.3 is 9.64 Å². The first kappa shape index (κ1) is 21.0. The predicted molar refractivity (Wildman–Crippen MR) is 108 cm³/mol. The summed E-state index contributed by atoms with van der Waals surface area (Å²) in [5.74, 6) is 0.167. The van der Waals surface area contributed by atoms with Gasteiger partial charge >= 0.3 is 5.97 Å². The molecule has 146 valence electrons. The zero-order valence-electron chi connectivity index (χ0n) is 17.3. The molecule has 2 atom stereocenters. The van der Waals surface area contributed by atoms with Crippen LogP contribution in [0.15, 0.2) is 35.5 Å². The lowest BCUT2D eigenvalue weighted by molar-refractivity contribution is -0.148. The summed E-state index contributed by atoms with van der Waals surface area (Å²) in [5.41, 5.74) is 3.94. The van der Waals surface area contributed by atoms with Crippen molar-refractivity contribution in [3.8, 4) is 6.07 Å². The van der Waals surface area contributed by atoms with Gasteiger partial charge in [-0.2, -0.15) is 5.26 Å². The third-order valence-electron chi connectivity index (χ3n) is 5.78. The van der Waals surface area contributed by atoms with E-state index in [0.29, 0.717) is 18.1 Å². The van der Waals surface area contributed by atoms with Crippen LogP contribution in [-0.4, -0.2) is 30.6 Å². The van der Waals surface area contributed by atoms with Gasteiger partial charge in [0.2, 0.25) is 0 Å². The number of rotatable bonds is 8. The average Bonchev–Trinajstić information content (AvgIpc) is 2.98. The Morgan fingerprint density at radius 3 is 2.30 bits per heavy atom. The minimum absolute atomic E-state index is 0.262. The summed E-state index contributed by atoms with van der Waals surface area (Å²) in [7, 11) is 1.89. The summed E-state index contributed by atoms with van der Waals surface area (Å²) >= 11 is 0. The van der Waals surface area contributed by atoms with Crippen LogP contribution in [0.25, 0.3) is 0 Å². The number of esters is 1. The first-order chi connectivity index (χ1) is 13.0. The highest BCUT2D eigenvalue weighted by molar-refractivity contribution is 5.80. The normalized spacial score (nSPS) is 19.5. The molecule has 1 aliphatic rings. The molecule has 0 bridgehead atoms. The van der Waals surface area contributed by atoms with Crippen molar-refractivity contribution in [2.24, 2.45) is 5.92 Å². The van der Waals surface area contributed by atoms with E-state index in [4.69, 9.17) is 4.74 Å². The van der Waals surface area contributed by atoms with Crippen LogP contribution in [0.2, 0.25) is 0 Å². The highest BCUT2D eigenvalue weighted by Crippen LogP contribution is 2.41. The fourth-order valence-corrected chi connectivity index (χ4v) is 4.14. The summed E-state index contributed by atoms with van der Waals surface area (Å²) in [6.45, 7) is 8.64. The Labute approximate surface area is 163 Å². The van der Waals surface area contributed by atoms with Gasteiger partial charge in [0, 0.05) is 12.7 Å². The van der Waals surface area contributed by atoms with Gasteiger partial charge in [-0.15, -0.1) is 0 Å². The molecule has 1 aromatic carbocycles. The van der Waals surface area contributed by atoms with Crippen LogP contribution in [0.1, 0.15) is 64.0 Å². The number of hydrogen-bond acceptors (Lipinski definition) is 4. The molecule has 0 aromatic heterocycles. The van der Waals surface area contributed by atoms with Crippen molar-refractivity contribution in [3.63, 3.8) is 0 Å². The van der Waals surface area contributed by atoms with Gasteiger partial charge in [-0.05, 0) is 36.8 Å². The Morgan fingerprint density at radius 2 is 1.81 bits per heavy atom. The number of benzene rings is 1. The fourth-order valence-electron chi connectivity index (χ4n) is 4.14. The molecule has 0 saturated carbocycles. The van der Waals surface area contributed by atoms with E-state index >= 15 is 0 Å². The van der Waals surface area contributed by atoms with Gasteiger partial charge in [0.25, 0.3) is 0 Å². The molecule has 0 N–H and O–H groups in total. The van der Waals surface area contributed by atoms with E-state index in [9.17, 15) is 10.1 Å². The van der Waals surface area contributed by atoms with Crippen molar-refractivity contribution in [3.05, 3.63) is 46.7 Å². The van der Waals surface area contributed by atoms with Gasteiger partial charge in [-0.25, -0.2) is 4.79 Å². The summed E-state index contributed by atoms with van der Waals surface area (Å²) < 4.78 is 5.32. The molecular formula is C23H32N2O2. The Hall–Kier alpha value is -2.28. The van der Waals surface area contributed by atoms with E-state index < -0.39 is 6.04 Å². The van der Waals surface area contributed by atoms with Crippen LogP contribution in [0.5, 0.6) is 0 Å². The first-order valence-corrected chi connectivity index (χ1v) is 10.1. The second kappa shape index (κ2) is 9.60. The molecular weight excluding hydrogens is 336 g/mol. The molecule has 27 heavy (non-hydrogen) atoms. The number of allylic oxidation sites excluding steroid dienone is 1. The van der Waals surface area contributed by atoms with E-state index in [2.05, 4.69) is 44.2 Å². The number of nitriles is 1. The smallest absolute Gasteiger partial charge is 0.329 e. The molecule has 0 spiro atoms. The maximum Gasteiger partial charge on any atom is 0.329 e. The summed E-state index contributed by atoms with van der Waals surface area (Å²) in [6, 6.07) is 10.4. The van der Waals surface area contributed by atoms with E-state index in [1.807, 2.05) is 25.8 Å². The van der Waals surface area contributed by atoms with Gasteiger partial charge in [0.1, 0.15) is 6.04 Å². The lowest BCUT2D eigenvalue weighted by Crippen LogP contribution is -2.39. The molecule has 0 saturated heterocycles. The fraction of sp³-hybridized carbons (Fsp3) is 0.565. The van der Waals surface area contributed by atoms with Crippen molar-refractivity contribution in [1.29, 1.82) is 5.26 Å². The highest BCUT2D eigenvalue weighted by atomic mass is 16.5. The Morgan fingerprint density at radius 1 is 1.19 bits per heavy atom. The van der Waals surface area contributed by atoms with Crippen LogP contribution >= 0.6 is 0 Å². The zero-order valence-corrected chi connectivity index (χ0v) is 17.3. The second-order valence-electron chi connectivity index (χ2n) is 7.24. The van der Waals surface area contributed by atoms with Crippen LogP contribution in [0, 0.1) is 17.2 Å². The van der Waals surface area contributed by atoms with Crippen LogP contribution in [0.4, 0.5) is 0 Å². The number of ether oxygens (including phenoxy) is 1. The quantitative estimate of drug-likeness (QED) is 0.618. The Bertz CT molecular complexity index is 711. The average molecular weight is 369 g/mol. The Kier molecular flexibility index (Phi) is 7.47. The maximum atomic E-state index is 12.7. The molecule has 0 fully saturated rings. The largest absolute Gasteiger partial charge is 0.464 e. The van der Waals surface area contributed by atoms with Crippen LogP contribution in [0.3, 0.4) is 0 Å². The summed E-state index contributed by atoms with van der Waals surface area (Å²) in [4.78, 5) is 14.6. The Balaban J connectivity index is 2.37. The maximum absolute atomic E-state index is 12.7. The van der Waals surface area contributed by atoms with Crippen molar-refractivity contribution in [1.82, 2.24) is 4.90 Å². The second-order valence-corrected chi connectivity index (χ2v) is 7.24. The van der Waals surface area contributed by atoms with Gasteiger partial charge in [-0.3, -0.25) is 0 Å². The molecule has 0 radical (unpaired) electrons. The number of carbonyl (C=O) groups is 1. The molecule has 2 unspecified atom stereocenters. The minimum atomic E-state index is -0.473. The zero-order chi connectivity index (χ0) is 20.0. The van der Waals surface area contributed by atoms with Crippen LogP contribution < -0.4 is 0 Å². The van der Waals surface area contributed by atoms with Gasteiger partial charge in [0.05, 0.1) is 24.2 Å². The van der Waals surface area contributed by atoms with E-state index in [0.717, 1.165) is 24.1 Å². The molecule has 4 heteroatoms. The molecule has 2 rings (SSSR count). The topological polar surface area (TPSA) is 53.3 Å². The number of carbonyl (C=O) groups excluding carboxylic acids is 1. The number of likely N-dealkylation sites (N-methyl/N-ethyl adjacent to an activating group) is 1. The predicted octanol–water partition coefficient (Wildman–Crippen LogP) is 4.81. The number of nitrogens with zero attached hydrogens (tertiary/aromatic N) is 2. The van der Waals surface area contributed by atoms with Crippen molar-refractivity contribution in [2.45, 2.75) is 65.3 Å². The van der Waals surface area contributed by atoms with Gasteiger partial charge in [-0.1, -0.05) is 57.9 Å². The molecule has 1 aliphatic heterocycles. The van der Waals surface area contributed by atoms with Crippen LogP contribution in [-0.2, 0) is 16.0 Å². The lowest BCUT2D eigenvalue weighted by atomic mass is 9.86. The van der Waals surface area contributed by atoms with E-state index in [1.165, 1.54) is 18.4 Å². The SMILES string of the molecule is CCOC(=O)C1C(c2ccc(CC(CC)CC)cc2)C(C#N)=C(CC)N1C. The monoisotopic (exact) mass is 368 g/mol. The van der Waals surface area contributed by atoms with Gasteiger partial charge in [0.15, 0.2) is 0 Å². The van der Waals surface area contributed by atoms with Crippen molar-refractivity contribution < 1.29 is 9.53 Å². The van der Waals surface area contributed by atoms with E-state index in [-0.39, 0.29) is 11.9 Å². The minimum Gasteiger partial charge on any atom is -0.464 e.